The average molecular weight is 686 g/mol. The Hall–Kier alpha value is -4.82. The van der Waals surface area contributed by atoms with E-state index in [1.54, 1.807) is 40.6 Å². The van der Waals surface area contributed by atoms with Crippen molar-refractivity contribution in [3.8, 4) is 5.75 Å². The van der Waals surface area contributed by atoms with Crippen LogP contribution < -0.4 is 25.3 Å². The maximum atomic E-state index is 14.3. The van der Waals surface area contributed by atoms with Crippen molar-refractivity contribution in [3.05, 3.63) is 57.0 Å². The number of thiazole rings is 1. The fourth-order valence-corrected chi connectivity index (χ4v) is 7.21. The molecule has 0 radical (unpaired) electrons. The Morgan fingerprint density at radius 1 is 1.23 bits per heavy atom. The first-order chi connectivity index (χ1) is 22.9. The first-order valence-electron chi connectivity index (χ1n) is 15.4. The van der Waals surface area contributed by atoms with Crippen molar-refractivity contribution in [1.82, 2.24) is 24.8 Å². The zero-order chi connectivity index (χ0) is 34.5. The molecule has 0 bridgehead atoms. The molecule has 3 aromatic heterocycles. The van der Waals surface area contributed by atoms with Gasteiger partial charge in [-0.1, -0.05) is 30.9 Å². The van der Waals surface area contributed by atoms with Crippen LogP contribution in [0, 0.1) is 0 Å². The Balaban J connectivity index is 1.37. The van der Waals surface area contributed by atoms with Crippen molar-refractivity contribution in [3.63, 3.8) is 0 Å². The first kappa shape index (κ1) is 33.1. The molecule has 0 spiro atoms. The summed E-state index contributed by atoms with van der Waals surface area (Å²) in [5, 5.41) is 3.10. The van der Waals surface area contributed by atoms with Gasteiger partial charge in [-0.15, -0.1) is 0 Å². The monoisotopic (exact) mass is 685 g/mol. The van der Waals surface area contributed by atoms with Crippen molar-refractivity contribution in [2.75, 3.05) is 50.6 Å². The minimum absolute atomic E-state index is 0.0608. The molecule has 1 saturated heterocycles. The van der Waals surface area contributed by atoms with Crippen LogP contribution in [0.1, 0.15) is 42.7 Å². The SMILES string of the molecule is CCc1c(N2CCN(C(=O)c3c(OC)ccc4ncoc34)CC2CC)c(=O)c2nc(N(C)C)sc2n1CC(=O)NC1=C=C(C(F)(F)F)C1. The number of oxazole rings is 1. The Kier molecular flexibility index (Phi) is 8.73. The van der Waals surface area contributed by atoms with Crippen molar-refractivity contribution < 1.29 is 31.9 Å². The van der Waals surface area contributed by atoms with Crippen molar-refractivity contribution >= 4 is 55.4 Å². The molecule has 0 saturated carbocycles. The summed E-state index contributed by atoms with van der Waals surface area (Å²) in [7, 11) is 5.08. The number of benzene rings is 1. The summed E-state index contributed by atoms with van der Waals surface area (Å²) in [6, 6.07) is 3.13. The van der Waals surface area contributed by atoms with Crippen LogP contribution in [0.15, 0.2) is 44.7 Å². The van der Waals surface area contributed by atoms with E-state index in [1.165, 1.54) is 24.8 Å². The van der Waals surface area contributed by atoms with Gasteiger partial charge < -0.3 is 33.7 Å². The lowest BCUT2D eigenvalue weighted by Crippen LogP contribution is -2.56. The van der Waals surface area contributed by atoms with Crippen LogP contribution in [0.4, 0.5) is 24.0 Å². The summed E-state index contributed by atoms with van der Waals surface area (Å²) in [5.74, 6) is -0.458. The number of halogens is 3. The van der Waals surface area contributed by atoms with Crippen LogP contribution in [0.25, 0.3) is 21.4 Å². The number of fused-ring (bicyclic) bond motifs is 2. The number of ether oxygens (including phenoxy) is 1. The zero-order valence-electron chi connectivity index (χ0n) is 27.0. The number of carbonyl (C=O) groups excluding carboxylic acids is 2. The molecule has 2 aliphatic rings. The molecule has 1 atom stereocenters. The third-order valence-corrected chi connectivity index (χ3v) is 9.85. The number of alkyl halides is 3. The van der Waals surface area contributed by atoms with E-state index < -0.39 is 24.1 Å². The standard InChI is InChI=1S/C32H34F3N7O5S/c1-6-19-14-40(29(45)24-22(46-5)9-8-20-28(24)47-16-36-20)10-11-41(19)26-21(7-2)42(30-25(27(26)44)38-31(48-30)39(3)4)15-23(43)37-18-12-17(13-18)32(33,34)35/h8-9,16,19H,6-7,10-12,14-15H2,1-5H3,(H,37,43). The summed E-state index contributed by atoms with van der Waals surface area (Å²) in [6.45, 7) is 4.51. The molecule has 48 heavy (non-hydrogen) atoms. The van der Waals surface area contributed by atoms with Gasteiger partial charge in [0.15, 0.2) is 17.1 Å². The minimum Gasteiger partial charge on any atom is -0.496 e. The van der Waals surface area contributed by atoms with Gasteiger partial charge in [-0.25, -0.2) is 9.97 Å². The van der Waals surface area contributed by atoms with Gasteiger partial charge in [0.05, 0.1) is 18.4 Å². The van der Waals surface area contributed by atoms with Gasteiger partial charge in [0.1, 0.15) is 39.4 Å². The van der Waals surface area contributed by atoms with E-state index in [-0.39, 0.29) is 47.2 Å². The molecule has 1 aliphatic carbocycles. The Bertz CT molecular complexity index is 2060. The molecule has 1 fully saturated rings. The summed E-state index contributed by atoms with van der Waals surface area (Å²) < 4.78 is 51.6. The normalized spacial score (nSPS) is 16.5. The first-order valence-corrected chi connectivity index (χ1v) is 16.2. The van der Waals surface area contributed by atoms with Crippen LogP contribution in [-0.4, -0.2) is 84.3 Å². The number of amides is 2. The number of carbonyl (C=O) groups is 2. The second-order valence-corrected chi connectivity index (χ2v) is 12.7. The average Bonchev–Trinajstić information content (AvgIpc) is 3.70. The van der Waals surface area contributed by atoms with Gasteiger partial charge in [0.2, 0.25) is 11.3 Å². The summed E-state index contributed by atoms with van der Waals surface area (Å²) in [6.07, 6.45) is -2.67. The third kappa shape index (κ3) is 5.79. The topological polar surface area (TPSA) is 126 Å². The maximum absolute atomic E-state index is 14.3. The molecule has 1 aliphatic heterocycles. The molecule has 1 N–H and O–H groups in total. The number of anilines is 2. The molecule has 16 heteroatoms. The highest BCUT2D eigenvalue weighted by Crippen LogP contribution is 2.36. The van der Waals surface area contributed by atoms with E-state index in [0.717, 1.165) is 0 Å². The number of rotatable bonds is 9. The smallest absolute Gasteiger partial charge is 0.420 e. The second kappa shape index (κ2) is 12.7. The van der Waals surface area contributed by atoms with Crippen molar-refractivity contribution in [2.24, 2.45) is 0 Å². The van der Waals surface area contributed by atoms with E-state index in [1.807, 2.05) is 18.7 Å². The molecule has 1 unspecified atom stereocenters. The third-order valence-electron chi connectivity index (χ3n) is 8.60. The summed E-state index contributed by atoms with van der Waals surface area (Å²) >= 11 is 1.25. The predicted octanol–water partition coefficient (Wildman–Crippen LogP) is 4.47. The number of hydrogen-bond donors (Lipinski definition) is 1. The fourth-order valence-electron chi connectivity index (χ4n) is 6.20. The Morgan fingerprint density at radius 2 is 1.98 bits per heavy atom. The van der Waals surface area contributed by atoms with E-state index in [4.69, 9.17) is 9.15 Å². The molecule has 2 amide bonds. The molecule has 6 rings (SSSR count). The van der Waals surface area contributed by atoms with Crippen LogP contribution in [0.3, 0.4) is 0 Å². The molecule has 254 valence electrons. The van der Waals surface area contributed by atoms with Gasteiger partial charge in [-0.3, -0.25) is 14.4 Å². The van der Waals surface area contributed by atoms with Crippen LogP contribution in [0.2, 0.25) is 0 Å². The van der Waals surface area contributed by atoms with Gasteiger partial charge in [0.25, 0.3) is 5.91 Å². The van der Waals surface area contributed by atoms with Crippen molar-refractivity contribution in [1.29, 1.82) is 0 Å². The fraction of sp³-hybridized carbons (Fsp3) is 0.438. The van der Waals surface area contributed by atoms with E-state index in [0.29, 0.717) is 64.1 Å². The van der Waals surface area contributed by atoms with Gasteiger partial charge in [-0.2, -0.15) is 13.2 Å². The van der Waals surface area contributed by atoms with E-state index in [2.05, 4.69) is 21.0 Å². The number of piperazine rings is 1. The number of hydrogen-bond acceptors (Lipinski definition) is 10. The van der Waals surface area contributed by atoms with E-state index >= 15 is 0 Å². The molecular weight excluding hydrogens is 651 g/mol. The van der Waals surface area contributed by atoms with Crippen molar-refractivity contribution in [2.45, 2.75) is 51.9 Å². The lowest BCUT2D eigenvalue weighted by atomic mass is 10.0. The largest absolute Gasteiger partial charge is 0.496 e. The highest BCUT2D eigenvalue weighted by molar-refractivity contribution is 7.21. The number of nitrogens with one attached hydrogen (secondary N) is 1. The molecule has 4 aromatic rings. The lowest BCUT2D eigenvalue weighted by Gasteiger charge is -2.43. The highest BCUT2D eigenvalue weighted by Gasteiger charge is 2.38. The molecule has 1 aromatic carbocycles. The molecule has 12 nitrogen and oxygen atoms in total. The zero-order valence-corrected chi connectivity index (χ0v) is 27.8. The highest BCUT2D eigenvalue weighted by atomic mass is 32.1. The Labute approximate surface area is 277 Å². The quantitative estimate of drug-likeness (QED) is 0.254. The van der Waals surface area contributed by atoms with Crippen LogP contribution >= 0.6 is 11.3 Å². The number of nitrogens with zero attached hydrogens (tertiary/aromatic N) is 6. The second-order valence-electron chi connectivity index (χ2n) is 11.8. The van der Waals surface area contributed by atoms with Crippen LogP contribution in [-0.2, 0) is 17.8 Å². The molecule has 4 heterocycles. The minimum atomic E-state index is -4.49. The van der Waals surface area contributed by atoms with E-state index in [9.17, 15) is 27.6 Å². The van der Waals surface area contributed by atoms with Gasteiger partial charge >= 0.3 is 6.18 Å². The van der Waals surface area contributed by atoms with Gasteiger partial charge in [-0.05, 0) is 25.0 Å². The van der Waals surface area contributed by atoms with Gasteiger partial charge in [0, 0.05) is 51.9 Å². The Morgan fingerprint density at radius 3 is 2.62 bits per heavy atom. The predicted molar refractivity (Wildman–Crippen MR) is 175 cm³/mol. The summed E-state index contributed by atoms with van der Waals surface area (Å²) in [4.78, 5) is 56.2. The molecular formula is C32H34F3N7O5S. The lowest BCUT2D eigenvalue weighted by molar-refractivity contribution is -0.121. The summed E-state index contributed by atoms with van der Waals surface area (Å²) in [5.41, 5.74) is 3.46. The maximum Gasteiger partial charge on any atom is 0.420 e. The van der Waals surface area contributed by atoms with Crippen LogP contribution in [0.5, 0.6) is 5.75 Å². The number of aromatic nitrogens is 3. The number of methoxy groups -OCH3 is 1. The number of pyridine rings is 1.